The second-order valence-electron chi connectivity index (χ2n) is 10.9. The molecule has 3 aromatic rings. The van der Waals surface area contributed by atoms with Crippen LogP contribution in [0, 0.1) is 19.8 Å². The van der Waals surface area contributed by atoms with Gasteiger partial charge in [-0.3, -0.25) is 4.79 Å². The monoisotopic (exact) mass is 523 g/mol. The number of benzene rings is 2. The molecule has 2 N–H and O–H groups in total. The molecule has 1 aromatic heterocycles. The number of hydrogen-bond donors (Lipinski definition) is 2. The number of para-hydroxylation sites is 1. The van der Waals surface area contributed by atoms with Crippen molar-refractivity contribution in [2.45, 2.75) is 60.3 Å². The highest BCUT2D eigenvalue weighted by Gasteiger charge is 2.24. The van der Waals surface area contributed by atoms with Gasteiger partial charge in [0.2, 0.25) is 5.91 Å². The first-order valence-corrected chi connectivity index (χ1v) is 13.0. The lowest BCUT2D eigenvalue weighted by atomic mass is 9.92. The number of hydrogen-bond acceptors (Lipinski definition) is 3. The fourth-order valence-corrected chi connectivity index (χ4v) is 3.90. The Bertz CT molecular complexity index is 1260. The Morgan fingerprint density at radius 1 is 1.03 bits per heavy atom. The van der Waals surface area contributed by atoms with E-state index in [1.54, 1.807) is 16.8 Å². The van der Waals surface area contributed by atoms with Crippen molar-refractivity contribution < 1.29 is 9.59 Å². The Morgan fingerprint density at radius 3 is 2.35 bits per heavy atom. The Kier molecular flexibility index (Phi) is 9.02. The summed E-state index contributed by atoms with van der Waals surface area (Å²) in [5.74, 6) is 0.652. The van der Waals surface area contributed by atoms with Gasteiger partial charge in [-0.25, -0.2) is 9.48 Å². The van der Waals surface area contributed by atoms with Crippen LogP contribution >= 0.6 is 11.6 Å². The van der Waals surface area contributed by atoms with E-state index in [-0.39, 0.29) is 23.9 Å². The normalized spacial score (nSPS) is 11.5. The molecule has 3 rings (SSSR count). The lowest BCUT2D eigenvalue weighted by Crippen LogP contribution is -2.41. The number of halogens is 1. The van der Waals surface area contributed by atoms with E-state index < -0.39 is 0 Å². The Hall–Kier alpha value is -3.32. The number of nitrogens with zero attached hydrogens (tertiary/aromatic N) is 3. The van der Waals surface area contributed by atoms with Crippen molar-refractivity contribution in [2.24, 2.45) is 5.92 Å². The van der Waals surface area contributed by atoms with Crippen molar-refractivity contribution >= 4 is 35.0 Å². The van der Waals surface area contributed by atoms with Crippen LogP contribution in [0.3, 0.4) is 0 Å². The van der Waals surface area contributed by atoms with Crippen LogP contribution in [0.2, 0.25) is 5.02 Å². The Labute approximate surface area is 225 Å². The zero-order chi connectivity index (χ0) is 27.3. The van der Waals surface area contributed by atoms with Crippen LogP contribution in [-0.4, -0.2) is 39.7 Å². The van der Waals surface area contributed by atoms with Gasteiger partial charge >= 0.3 is 6.03 Å². The summed E-state index contributed by atoms with van der Waals surface area (Å²) in [6, 6.07) is 14.8. The van der Waals surface area contributed by atoms with Crippen molar-refractivity contribution in [1.82, 2.24) is 14.7 Å². The predicted octanol–water partition coefficient (Wildman–Crippen LogP) is 6.96. The van der Waals surface area contributed by atoms with E-state index in [0.717, 1.165) is 28.9 Å². The van der Waals surface area contributed by atoms with Gasteiger partial charge in [-0.05, 0) is 55.5 Å². The highest BCUT2D eigenvalue weighted by atomic mass is 35.5. The Balaban J connectivity index is 1.83. The van der Waals surface area contributed by atoms with Gasteiger partial charge in [0.05, 0.1) is 11.4 Å². The SMILES string of the molecule is Cc1ccc(NC(=O)N(CCC(C)C)CC(=O)Nc2cc(C(C)(C)C)nn2-c2ccccc2C)cc1Cl. The van der Waals surface area contributed by atoms with Gasteiger partial charge in [0.25, 0.3) is 0 Å². The highest BCUT2D eigenvalue weighted by Crippen LogP contribution is 2.27. The minimum absolute atomic E-state index is 0.0953. The molecule has 198 valence electrons. The molecule has 0 atom stereocenters. The van der Waals surface area contributed by atoms with E-state index >= 15 is 0 Å². The van der Waals surface area contributed by atoms with Crippen molar-refractivity contribution in [3.05, 3.63) is 70.4 Å². The van der Waals surface area contributed by atoms with Crippen LogP contribution in [0.5, 0.6) is 0 Å². The fraction of sp³-hybridized carbons (Fsp3) is 0.414. The van der Waals surface area contributed by atoms with Gasteiger partial charge in [0.15, 0.2) is 0 Å². The van der Waals surface area contributed by atoms with Crippen LogP contribution in [0.25, 0.3) is 5.69 Å². The topological polar surface area (TPSA) is 79.3 Å². The molecule has 0 radical (unpaired) electrons. The summed E-state index contributed by atoms with van der Waals surface area (Å²) in [5.41, 5.74) is 4.09. The minimum atomic E-state index is -0.349. The molecule has 2 aromatic carbocycles. The molecule has 7 nitrogen and oxygen atoms in total. The van der Waals surface area contributed by atoms with Crippen LogP contribution in [0.1, 0.15) is 57.9 Å². The molecular formula is C29H38ClN5O2. The number of aryl methyl sites for hydroxylation is 2. The number of anilines is 2. The first-order chi connectivity index (χ1) is 17.3. The Morgan fingerprint density at radius 2 is 1.73 bits per heavy atom. The number of rotatable bonds is 8. The molecule has 0 saturated heterocycles. The molecule has 0 bridgehead atoms. The van der Waals surface area contributed by atoms with Gasteiger partial charge < -0.3 is 15.5 Å². The summed E-state index contributed by atoms with van der Waals surface area (Å²) in [5, 5.41) is 11.3. The molecule has 0 fully saturated rings. The predicted molar refractivity (Wildman–Crippen MR) is 152 cm³/mol. The van der Waals surface area contributed by atoms with Gasteiger partial charge in [-0.1, -0.05) is 70.5 Å². The molecule has 3 amide bonds. The van der Waals surface area contributed by atoms with Gasteiger partial charge in [0, 0.05) is 28.7 Å². The van der Waals surface area contributed by atoms with Gasteiger partial charge in [-0.15, -0.1) is 0 Å². The number of amides is 3. The molecule has 0 saturated carbocycles. The number of carbonyl (C=O) groups is 2. The van der Waals surface area contributed by atoms with E-state index in [4.69, 9.17) is 16.7 Å². The van der Waals surface area contributed by atoms with E-state index in [0.29, 0.717) is 29.0 Å². The lowest BCUT2D eigenvalue weighted by Gasteiger charge is -2.24. The van der Waals surface area contributed by atoms with E-state index in [1.807, 2.05) is 50.2 Å². The van der Waals surface area contributed by atoms with Crippen LogP contribution in [0.4, 0.5) is 16.3 Å². The molecule has 0 spiro atoms. The zero-order valence-corrected chi connectivity index (χ0v) is 23.6. The van der Waals surface area contributed by atoms with Crippen LogP contribution in [0.15, 0.2) is 48.5 Å². The number of aromatic nitrogens is 2. The second kappa shape index (κ2) is 11.8. The van der Waals surface area contributed by atoms with Gasteiger partial charge in [0.1, 0.15) is 12.4 Å². The molecule has 0 unspecified atom stereocenters. The molecular weight excluding hydrogens is 486 g/mol. The van der Waals surface area contributed by atoms with Crippen LogP contribution < -0.4 is 10.6 Å². The summed E-state index contributed by atoms with van der Waals surface area (Å²) in [7, 11) is 0. The fourth-order valence-electron chi connectivity index (χ4n) is 3.72. The summed E-state index contributed by atoms with van der Waals surface area (Å²) in [4.78, 5) is 27.9. The van der Waals surface area contributed by atoms with Gasteiger partial charge in [-0.2, -0.15) is 5.10 Å². The lowest BCUT2D eigenvalue weighted by molar-refractivity contribution is -0.116. The first kappa shape index (κ1) is 28.3. The third-order valence-corrected chi connectivity index (χ3v) is 6.52. The van der Waals surface area contributed by atoms with E-state index in [2.05, 4.69) is 45.3 Å². The molecule has 8 heteroatoms. The highest BCUT2D eigenvalue weighted by molar-refractivity contribution is 6.31. The second-order valence-corrected chi connectivity index (χ2v) is 11.3. The average Bonchev–Trinajstić information content (AvgIpc) is 3.23. The van der Waals surface area contributed by atoms with Crippen molar-refractivity contribution in [3.63, 3.8) is 0 Å². The maximum Gasteiger partial charge on any atom is 0.322 e. The number of nitrogens with one attached hydrogen (secondary N) is 2. The molecule has 0 aliphatic carbocycles. The first-order valence-electron chi connectivity index (χ1n) is 12.6. The molecule has 0 aliphatic rings. The minimum Gasteiger partial charge on any atom is -0.315 e. The summed E-state index contributed by atoms with van der Waals surface area (Å²) in [6.45, 7) is 14.7. The largest absolute Gasteiger partial charge is 0.322 e. The van der Waals surface area contributed by atoms with Crippen LogP contribution in [-0.2, 0) is 10.2 Å². The average molecular weight is 524 g/mol. The maximum absolute atomic E-state index is 13.3. The number of carbonyl (C=O) groups excluding carboxylic acids is 2. The zero-order valence-electron chi connectivity index (χ0n) is 22.9. The third kappa shape index (κ3) is 7.59. The smallest absolute Gasteiger partial charge is 0.315 e. The van der Waals surface area contributed by atoms with Crippen molar-refractivity contribution in [2.75, 3.05) is 23.7 Å². The standard InChI is InChI=1S/C29H38ClN5O2/c1-19(2)14-15-34(28(37)31-22-13-12-20(3)23(30)16-22)18-27(36)32-26-17-25(29(5,6)7)33-35(26)24-11-9-8-10-21(24)4/h8-13,16-17,19H,14-15,18H2,1-7H3,(H,31,37)(H,32,36). The van der Waals surface area contributed by atoms with Crippen molar-refractivity contribution in [1.29, 1.82) is 0 Å². The van der Waals surface area contributed by atoms with E-state index in [9.17, 15) is 9.59 Å². The molecule has 37 heavy (non-hydrogen) atoms. The maximum atomic E-state index is 13.3. The summed E-state index contributed by atoms with van der Waals surface area (Å²) in [6.07, 6.45) is 0.769. The summed E-state index contributed by atoms with van der Waals surface area (Å²) < 4.78 is 1.76. The quantitative estimate of drug-likeness (QED) is 0.335. The third-order valence-electron chi connectivity index (χ3n) is 6.11. The van der Waals surface area contributed by atoms with Crippen molar-refractivity contribution in [3.8, 4) is 5.69 Å². The molecule has 0 aliphatic heterocycles. The molecule has 1 heterocycles. The summed E-state index contributed by atoms with van der Waals surface area (Å²) >= 11 is 6.23. The van der Waals surface area contributed by atoms with E-state index in [1.165, 1.54) is 4.90 Å². The number of urea groups is 1.